The summed E-state index contributed by atoms with van der Waals surface area (Å²) in [4.78, 5) is 24.6. The molecule has 0 saturated carbocycles. The van der Waals surface area contributed by atoms with Crippen molar-refractivity contribution < 1.29 is 14.3 Å². The minimum atomic E-state index is -1.06. The number of aryl methyl sites for hydroxylation is 1. The molecular weight excluding hydrogens is 312 g/mol. The van der Waals surface area contributed by atoms with Gasteiger partial charge < -0.3 is 10.1 Å². The second kappa shape index (κ2) is 7.34. The average molecular weight is 330 g/mol. The van der Waals surface area contributed by atoms with Gasteiger partial charge in [-0.2, -0.15) is 5.26 Å². The van der Waals surface area contributed by atoms with E-state index in [1.165, 1.54) is 18.9 Å². The molecule has 0 saturated heterocycles. The van der Waals surface area contributed by atoms with Gasteiger partial charge in [-0.05, 0) is 18.2 Å². The zero-order chi connectivity index (χ0) is 17.0. The summed E-state index contributed by atoms with van der Waals surface area (Å²) in [6.45, 7) is 3.89. The Morgan fingerprint density at radius 2 is 2.04 bits per heavy atom. The number of thioether (sulfide) groups is 1. The molecule has 0 spiro atoms. The fourth-order valence-electron chi connectivity index (χ4n) is 2.60. The molecule has 1 N–H and O–H groups in total. The molecule has 2 rings (SSSR count). The van der Waals surface area contributed by atoms with E-state index in [-0.39, 0.29) is 0 Å². The SMILES string of the molecule is CCSC1=C(C#N)[C@H](c2ccc(C)cc2)[C@@H](C(=O)OC)C(=O)N1. The van der Waals surface area contributed by atoms with E-state index in [0.29, 0.717) is 16.4 Å². The number of ether oxygens (including phenoxy) is 1. The van der Waals surface area contributed by atoms with Crippen LogP contribution in [0.25, 0.3) is 0 Å². The maximum absolute atomic E-state index is 12.4. The zero-order valence-corrected chi connectivity index (χ0v) is 14.1. The first kappa shape index (κ1) is 17.1. The highest BCUT2D eigenvalue weighted by atomic mass is 32.2. The summed E-state index contributed by atoms with van der Waals surface area (Å²) in [6.07, 6.45) is 0. The molecule has 0 radical (unpaired) electrons. The number of nitriles is 1. The first-order valence-corrected chi connectivity index (χ1v) is 8.24. The van der Waals surface area contributed by atoms with Crippen molar-refractivity contribution in [2.45, 2.75) is 19.8 Å². The van der Waals surface area contributed by atoms with Crippen molar-refractivity contribution in [2.24, 2.45) is 5.92 Å². The molecule has 6 heteroatoms. The zero-order valence-electron chi connectivity index (χ0n) is 13.3. The number of carbonyl (C=O) groups excluding carboxylic acids is 2. The molecule has 1 aromatic carbocycles. The van der Waals surface area contributed by atoms with Gasteiger partial charge in [0.05, 0.1) is 23.8 Å². The number of rotatable bonds is 4. The van der Waals surface area contributed by atoms with Crippen LogP contribution in [0.3, 0.4) is 0 Å². The molecule has 0 unspecified atom stereocenters. The van der Waals surface area contributed by atoms with Crippen LogP contribution in [0.5, 0.6) is 0 Å². The lowest BCUT2D eigenvalue weighted by atomic mass is 9.78. The van der Waals surface area contributed by atoms with E-state index in [4.69, 9.17) is 4.74 Å². The minimum Gasteiger partial charge on any atom is -0.468 e. The van der Waals surface area contributed by atoms with Crippen molar-refractivity contribution in [1.29, 1.82) is 5.26 Å². The number of esters is 1. The molecule has 2 atom stereocenters. The van der Waals surface area contributed by atoms with Crippen molar-refractivity contribution in [1.82, 2.24) is 5.32 Å². The topological polar surface area (TPSA) is 79.2 Å². The number of hydrogen-bond acceptors (Lipinski definition) is 5. The number of nitrogens with one attached hydrogen (secondary N) is 1. The summed E-state index contributed by atoms with van der Waals surface area (Å²) in [5, 5.41) is 12.8. The number of allylic oxidation sites excluding steroid dienone is 1. The summed E-state index contributed by atoms with van der Waals surface area (Å²) < 4.78 is 4.79. The molecule has 1 aromatic rings. The van der Waals surface area contributed by atoms with E-state index >= 15 is 0 Å². The quantitative estimate of drug-likeness (QED) is 0.678. The highest BCUT2D eigenvalue weighted by Gasteiger charge is 2.44. The van der Waals surface area contributed by atoms with Crippen LogP contribution in [-0.4, -0.2) is 24.7 Å². The Morgan fingerprint density at radius 1 is 1.39 bits per heavy atom. The Morgan fingerprint density at radius 3 is 2.57 bits per heavy atom. The van der Waals surface area contributed by atoms with Crippen molar-refractivity contribution in [2.75, 3.05) is 12.9 Å². The minimum absolute atomic E-state index is 0.399. The van der Waals surface area contributed by atoms with Gasteiger partial charge in [0.15, 0.2) is 0 Å². The fourth-order valence-corrected chi connectivity index (χ4v) is 3.39. The Bertz CT molecular complexity index is 689. The second-order valence-corrected chi connectivity index (χ2v) is 6.44. The highest BCUT2D eigenvalue weighted by molar-refractivity contribution is 8.03. The number of amides is 1. The third kappa shape index (κ3) is 3.40. The van der Waals surface area contributed by atoms with Crippen molar-refractivity contribution in [3.63, 3.8) is 0 Å². The molecule has 0 bridgehead atoms. The van der Waals surface area contributed by atoms with Gasteiger partial charge in [-0.3, -0.25) is 9.59 Å². The summed E-state index contributed by atoms with van der Waals surface area (Å²) >= 11 is 1.38. The van der Waals surface area contributed by atoms with Gasteiger partial charge in [-0.1, -0.05) is 36.8 Å². The number of carbonyl (C=O) groups is 2. The fraction of sp³-hybridized carbons (Fsp3) is 0.353. The Labute approximate surface area is 139 Å². The first-order chi connectivity index (χ1) is 11.0. The largest absolute Gasteiger partial charge is 0.468 e. The van der Waals surface area contributed by atoms with Gasteiger partial charge in [-0.15, -0.1) is 11.8 Å². The lowest BCUT2D eigenvalue weighted by molar-refractivity contribution is -0.150. The number of nitrogens with zero attached hydrogens (tertiary/aromatic N) is 1. The molecule has 1 amide bonds. The normalized spacial score (nSPS) is 20.7. The van der Waals surface area contributed by atoms with Crippen molar-refractivity contribution in [3.8, 4) is 6.07 Å². The maximum atomic E-state index is 12.4. The van der Waals surface area contributed by atoms with Crippen LogP contribution in [0, 0.1) is 24.2 Å². The van der Waals surface area contributed by atoms with Crippen LogP contribution in [0.2, 0.25) is 0 Å². The maximum Gasteiger partial charge on any atom is 0.319 e. The third-order valence-corrected chi connectivity index (χ3v) is 4.61. The Balaban J connectivity index is 2.61. The van der Waals surface area contributed by atoms with E-state index in [2.05, 4.69) is 11.4 Å². The van der Waals surface area contributed by atoms with Gasteiger partial charge in [0.2, 0.25) is 5.91 Å². The van der Waals surface area contributed by atoms with Gasteiger partial charge in [0.25, 0.3) is 0 Å². The van der Waals surface area contributed by atoms with Crippen LogP contribution >= 0.6 is 11.8 Å². The Hall–Kier alpha value is -2.26. The molecule has 1 aliphatic heterocycles. The van der Waals surface area contributed by atoms with Crippen LogP contribution in [0.15, 0.2) is 34.9 Å². The lowest BCUT2D eigenvalue weighted by Gasteiger charge is -2.30. The van der Waals surface area contributed by atoms with Gasteiger partial charge in [0.1, 0.15) is 5.92 Å². The van der Waals surface area contributed by atoms with Crippen LogP contribution in [-0.2, 0) is 14.3 Å². The van der Waals surface area contributed by atoms with E-state index in [9.17, 15) is 14.9 Å². The predicted octanol–water partition coefficient (Wildman–Crippen LogP) is 2.49. The average Bonchev–Trinajstić information content (AvgIpc) is 2.54. The molecular formula is C17H18N2O3S. The number of benzene rings is 1. The van der Waals surface area contributed by atoms with Gasteiger partial charge in [0, 0.05) is 5.92 Å². The molecule has 5 nitrogen and oxygen atoms in total. The third-order valence-electron chi connectivity index (χ3n) is 3.71. The first-order valence-electron chi connectivity index (χ1n) is 7.25. The monoisotopic (exact) mass is 330 g/mol. The van der Waals surface area contributed by atoms with Crippen LogP contribution in [0.1, 0.15) is 24.0 Å². The van der Waals surface area contributed by atoms with Crippen molar-refractivity contribution >= 4 is 23.6 Å². The van der Waals surface area contributed by atoms with Crippen molar-refractivity contribution in [3.05, 3.63) is 46.0 Å². The van der Waals surface area contributed by atoms with E-state index in [1.807, 2.05) is 38.1 Å². The van der Waals surface area contributed by atoms with E-state index in [1.54, 1.807) is 0 Å². The van der Waals surface area contributed by atoms with Gasteiger partial charge in [-0.25, -0.2) is 0 Å². The highest BCUT2D eigenvalue weighted by Crippen LogP contribution is 2.40. The summed E-state index contributed by atoms with van der Waals surface area (Å²) in [5.41, 5.74) is 2.22. The number of methoxy groups -OCH3 is 1. The molecule has 0 aromatic heterocycles. The molecule has 120 valence electrons. The predicted molar refractivity (Wildman–Crippen MR) is 88.3 cm³/mol. The van der Waals surface area contributed by atoms with E-state index < -0.39 is 23.7 Å². The molecule has 0 aliphatic carbocycles. The smallest absolute Gasteiger partial charge is 0.319 e. The molecule has 23 heavy (non-hydrogen) atoms. The van der Waals surface area contributed by atoms with Gasteiger partial charge >= 0.3 is 5.97 Å². The van der Waals surface area contributed by atoms with Crippen LogP contribution in [0.4, 0.5) is 0 Å². The van der Waals surface area contributed by atoms with Crippen LogP contribution < -0.4 is 5.32 Å². The molecule has 0 fully saturated rings. The molecule has 1 aliphatic rings. The van der Waals surface area contributed by atoms with E-state index in [0.717, 1.165) is 11.1 Å². The summed E-state index contributed by atoms with van der Waals surface area (Å²) in [5.74, 6) is -2.04. The standard InChI is InChI=1S/C17H18N2O3S/c1-4-23-16-12(9-18)13(11-7-5-10(2)6-8-11)14(15(20)19-16)17(21)22-3/h5-8,13-14H,4H2,1-3H3,(H,19,20)/t13-,14+/m0/s1. The lowest BCUT2D eigenvalue weighted by Crippen LogP contribution is -2.44. The number of hydrogen-bond donors (Lipinski definition) is 1. The Kier molecular flexibility index (Phi) is 5.45. The summed E-state index contributed by atoms with van der Waals surface area (Å²) in [7, 11) is 1.24. The summed E-state index contributed by atoms with van der Waals surface area (Å²) in [6, 6.07) is 9.66. The molecule has 1 heterocycles. The second-order valence-electron chi connectivity index (χ2n) is 5.17.